The van der Waals surface area contributed by atoms with Crippen LogP contribution in [-0.4, -0.2) is 19.9 Å². The maximum absolute atomic E-state index is 11.6. The second-order valence-corrected chi connectivity index (χ2v) is 8.11. The van der Waals surface area contributed by atoms with Crippen molar-refractivity contribution >= 4 is 22.0 Å². The zero-order valence-corrected chi connectivity index (χ0v) is 17.9. The van der Waals surface area contributed by atoms with Crippen LogP contribution in [0.1, 0.15) is 35.0 Å². The molecular weight excluding hydrogens is 416 g/mol. The van der Waals surface area contributed by atoms with Gasteiger partial charge < -0.3 is 4.74 Å². The predicted molar refractivity (Wildman–Crippen MR) is 125 cm³/mol. The predicted octanol–water partition coefficient (Wildman–Crippen LogP) is 4.63. The van der Waals surface area contributed by atoms with Crippen LogP contribution in [0.25, 0.3) is 22.0 Å². The maximum Gasteiger partial charge on any atom is 0.439 e. The third-order valence-electron chi connectivity index (χ3n) is 5.95. The molecule has 3 heterocycles. The second kappa shape index (κ2) is 7.63. The molecule has 33 heavy (non-hydrogen) atoms. The van der Waals surface area contributed by atoms with Gasteiger partial charge in [0.25, 0.3) is 0 Å². The highest BCUT2D eigenvalue weighted by molar-refractivity contribution is 5.99. The van der Waals surface area contributed by atoms with Gasteiger partial charge in [0, 0.05) is 22.7 Å². The Labute approximate surface area is 188 Å². The summed E-state index contributed by atoms with van der Waals surface area (Å²) in [5.41, 5.74) is 6.92. The van der Waals surface area contributed by atoms with E-state index in [1.165, 1.54) is 0 Å². The number of nitrogens with zero attached hydrogens (tertiary/aromatic N) is 3. The number of rotatable bonds is 3. The van der Waals surface area contributed by atoms with Gasteiger partial charge in [-0.05, 0) is 47.4 Å². The van der Waals surface area contributed by atoms with Gasteiger partial charge in [0.15, 0.2) is 5.82 Å². The van der Waals surface area contributed by atoms with Gasteiger partial charge in [-0.3, -0.25) is 14.2 Å². The number of para-hydroxylation sites is 1. The molecule has 3 aromatic carbocycles. The number of allylic oxidation sites excluding steroid dienone is 1. The van der Waals surface area contributed by atoms with Crippen LogP contribution in [0.2, 0.25) is 0 Å². The number of nitrogens with one attached hydrogen (secondary N) is 1. The van der Waals surface area contributed by atoms with Gasteiger partial charge in [0.1, 0.15) is 12.4 Å². The van der Waals surface area contributed by atoms with E-state index in [1.807, 2.05) is 54.1 Å². The van der Waals surface area contributed by atoms with E-state index >= 15 is 0 Å². The fourth-order valence-corrected chi connectivity index (χ4v) is 4.41. The quantitative estimate of drug-likeness (QED) is 0.446. The summed E-state index contributed by atoms with van der Waals surface area (Å²) >= 11 is 0. The molecule has 1 aliphatic rings. The first-order valence-corrected chi connectivity index (χ1v) is 10.7. The van der Waals surface area contributed by atoms with Crippen molar-refractivity contribution in [1.29, 1.82) is 0 Å². The summed E-state index contributed by atoms with van der Waals surface area (Å²) in [6, 6.07) is 22.4. The summed E-state index contributed by atoms with van der Waals surface area (Å²) in [6.07, 6.45) is 2.06. The number of aromatic nitrogens is 4. The summed E-state index contributed by atoms with van der Waals surface area (Å²) in [4.78, 5) is 14.2. The SMILES string of the molecule is C/C(=C1\c2ccc(Cn3cc4ccccc4n3)cc2COc2ccccc21)c1noc(=O)[nH]1. The summed E-state index contributed by atoms with van der Waals surface area (Å²) in [6.45, 7) is 3.02. The average Bonchev–Trinajstić information content (AvgIpc) is 3.40. The zero-order valence-electron chi connectivity index (χ0n) is 17.9. The minimum absolute atomic E-state index is 0.407. The van der Waals surface area contributed by atoms with Crippen molar-refractivity contribution in [3.05, 3.63) is 112 Å². The molecule has 0 spiro atoms. The van der Waals surface area contributed by atoms with Crippen molar-refractivity contribution in [2.75, 3.05) is 0 Å². The van der Waals surface area contributed by atoms with E-state index in [0.717, 1.165) is 50.1 Å². The maximum atomic E-state index is 11.6. The van der Waals surface area contributed by atoms with Gasteiger partial charge in [0.2, 0.25) is 0 Å². The van der Waals surface area contributed by atoms with E-state index in [9.17, 15) is 4.79 Å². The molecular formula is C26H20N4O3. The van der Waals surface area contributed by atoms with Crippen LogP contribution in [0, 0.1) is 0 Å². The second-order valence-electron chi connectivity index (χ2n) is 8.11. The molecule has 2 aromatic heterocycles. The molecule has 0 fully saturated rings. The van der Waals surface area contributed by atoms with Gasteiger partial charge in [-0.25, -0.2) is 4.79 Å². The lowest BCUT2D eigenvalue weighted by Gasteiger charge is -2.14. The lowest BCUT2D eigenvalue weighted by atomic mass is 9.89. The smallest absolute Gasteiger partial charge is 0.439 e. The van der Waals surface area contributed by atoms with Crippen molar-refractivity contribution in [3.63, 3.8) is 0 Å². The van der Waals surface area contributed by atoms with E-state index in [0.29, 0.717) is 19.0 Å². The highest BCUT2D eigenvalue weighted by Gasteiger charge is 2.23. The topological polar surface area (TPSA) is 85.9 Å². The first-order chi connectivity index (χ1) is 16.2. The molecule has 0 atom stereocenters. The first kappa shape index (κ1) is 19.3. The molecule has 0 unspecified atom stereocenters. The van der Waals surface area contributed by atoms with Crippen molar-refractivity contribution in [2.45, 2.75) is 20.1 Å². The number of fused-ring (bicyclic) bond motifs is 3. The minimum atomic E-state index is -0.578. The van der Waals surface area contributed by atoms with Crippen LogP contribution in [0.3, 0.4) is 0 Å². The Hall–Kier alpha value is -4.39. The molecule has 0 radical (unpaired) electrons. The molecule has 7 heteroatoms. The lowest BCUT2D eigenvalue weighted by Crippen LogP contribution is -2.03. The molecule has 0 bridgehead atoms. The van der Waals surface area contributed by atoms with Crippen LogP contribution in [-0.2, 0) is 13.2 Å². The Morgan fingerprint density at radius 3 is 2.76 bits per heavy atom. The van der Waals surface area contributed by atoms with Gasteiger partial charge in [-0.15, -0.1) is 0 Å². The van der Waals surface area contributed by atoms with Crippen molar-refractivity contribution in [2.24, 2.45) is 0 Å². The molecule has 6 rings (SSSR count). The van der Waals surface area contributed by atoms with Gasteiger partial charge in [-0.1, -0.05) is 53.7 Å². The Balaban J connectivity index is 1.46. The van der Waals surface area contributed by atoms with E-state index in [-0.39, 0.29) is 0 Å². The van der Waals surface area contributed by atoms with E-state index < -0.39 is 5.76 Å². The molecule has 0 saturated heterocycles. The van der Waals surface area contributed by atoms with Crippen LogP contribution in [0.5, 0.6) is 5.75 Å². The van der Waals surface area contributed by atoms with Crippen molar-refractivity contribution in [1.82, 2.24) is 19.9 Å². The van der Waals surface area contributed by atoms with Crippen LogP contribution in [0.4, 0.5) is 0 Å². The first-order valence-electron chi connectivity index (χ1n) is 10.7. The fraction of sp³-hybridized carbons (Fsp3) is 0.115. The van der Waals surface area contributed by atoms with Crippen LogP contribution < -0.4 is 10.5 Å². The molecule has 0 amide bonds. The Morgan fingerprint density at radius 2 is 1.91 bits per heavy atom. The minimum Gasteiger partial charge on any atom is -0.488 e. The number of benzene rings is 3. The van der Waals surface area contributed by atoms with Gasteiger partial charge in [0.05, 0.1) is 12.1 Å². The van der Waals surface area contributed by atoms with Gasteiger partial charge >= 0.3 is 5.76 Å². The highest BCUT2D eigenvalue weighted by atomic mass is 16.5. The zero-order chi connectivity index (χ0) is 22.4. The summed E-state index contributed by atoms with van der Waals surface area (Å²) in [7, 11) is 0. The van der Waals surface area contributed by atoms with Crippen LogP contribution in [0.15, 0.2) is 82.2 Å². The third-order valence-corrected chi connectivity index (χ3v) is 5.95. The molecule has 0 saturated carbocycles. The fourth-order valence-electron chi connectivity index (χ4n) is 4.41. The highest BCUT2D eigenvalue weighted by Crippen LogP contribution is 2.40. The average molecular weight is 436 g/mol. The number of aromatic amines is 1. The molecule has 7 nitrogen and oxygen atoms in total. The van der Waals surface area contributed by atoms with Crippen molar-refractivity contribution < 1.29 is 9.26 Å². The largest absolute Gasteiger partial charge is 0.488 e. The standard InChI is InChI=1S/C26H20N4O3/c1-16(25-27-26(31)33-29-25)24-20-11-10-17(13-30-14-18-6-2-4-8-22(18)28-30)12-19(20)15-32-23-9-5-3-7-21(23)24/h2-12,14H,13,15H2,1H3,(H,27,29,31)/b24-16-. The molecule has 0 aliphatic carbocycles. The molecule has 5 aromatic rings. The lowest BCUT2D eigenvalue weighted by molar-refractivity contribution is 0.307. The molecule has 1 aliphatic heterocycles. The van der Waals surface area contributed by atoms with E-state index in [4.69, 9.17) is 9.26 Å². The summed E-state index contributed by atoms with van der Waals surface area (Å²) < 4.78 is 12.9. The molecule has 162 valence electrons. The van der Waals surface area contributed by atoms with Crippen molar-refractivity contribution in [3.8, 4) is 5.75 Å². The number of H-pyrrole nitrogens is 1. The summed E-state index contributed by atoms with van der Waals surface area (Å²) in [5, 5.41) is 9.71. The number of hydrogen-bond donors (Lipinski definition) is 1. The van der Waals surface area contributed by atoms with E-state index in [2.05, 4.69) is 45.7 Å². The Kier molecular flexibility index (Phi) is 4.47. The third kappa shape index (κ3) is 3.43. The summed E-state index contributed by atoms with van der Waals surface area (Å²) in [5.74, 6) is 0.615. The van der Waals surface area contributed by atoms with Crippen LogP contribution >= 0.6 is 0 Å². The molecule has 1 N–H and O–H groups in total. The Bertz CT molecular complexity index is 1560. The monoisotopic (exact) mass is 436 g/mol. The normalized spacial score (nSPS) is 14.3. The van der Waals surface area contributed by atoms with E-state index in [1.54, 1.807) is 0 Å². The number of hydrogen-bond acceptors (Lipinski definition) is 5. The Morgan fingerprint density at radius 1 is 1.06 bits per heavy atom. The van der Waals surface area contributed by atoms with Gasteiger partial charge in [-0.2, -0.15) is 5.10 Å². The number of ether oxygens (including phenoxy) is 1.